The first-order valence-electron chi connectivity index (χ1n) is 15.6. The molecule has 218 valence electrons. The molecule has 7 heteroatoms. The van der Waals surface area contributed by atoms with Crippen molar-refractivity contribution in [1.82, 2.24) is 19.8 Å². The maximum atomic E-state index is 13.0. The molecule has 3 heterocycles. The molecule has 7 nitrogen and oxygen atoms in total. The number of allylic oxidation sites excluding steroid dienone is 7. The predicted molar refractivity (Wildman–Crippen MR) is 167 cm³/mol. The van der Waals surface area contributed by atoms with Crippen molar-refractivity contribution in [1.29, 1.82) is 0 Å². The summed E-state index contributed by atoms with van der Waals surface area (Å²) in [6.45, 7) is 7.45. The van der Waals surface area contributed by atoms with E-state index in [1.807, 2.05) is 11.8 Å². The third kappa shape index (κ3) is 7.30. The summed E-state index contributed by atoms with van der Waals surface area (Å²) in [5.41, 5.74) is 1.74. The smallest absolute Gasteiger partial charge is 0.274 e. The largest absolute Gasteiger partial charge is 0.351 e. The summed E-state index contributed by atoms with van der Waals surface area (Å²) in [5.74, 6) is 2.46. The Bertz CT molecular complexity index is 1200. The van der Waals surface area contributed by atoms with Gasteiger partial charge in [0, 0.05) is 50.7 Å². The number of hydrogen-bond acceptors (Lipinski definition) is 6. The number of carbonyl (C=O) groups is 1. The van der Waals surface area contributed by atoms with Crippen molar-refractivity contribution in [3.05, 3.63) is 72.5 Å². The Morgan fingerprint density at radius 3 is 2.76 bits per heavy atom. The van der Waals surface area contributed by atoms with Crippen molar-refractivity contribution in [2.45, 2.75) is 77.7 Å². The van der Waals surface area contributed by atoms with Gasteiger partial charge in [0.05, 0.1) is 18.4 Å². The Morgan fingerprint density at radius 1 is 1.22 bits per heavy atom. The van der Waals surface area contributed by atoms with E-state index in [2.05, 4.69) is 70.5 Å². The lowest BCUT2D eigenvalue weighted by Gasteiger charge is -2.46. The van der Waals surface area contributed by atoms with Gasteiger partial charge in [0.25, 0.3) is 5.91 Å². The monoisotopic (exact) mass is 554 g/mol. The van der Waals surface area contributed by atoms with Crippen molar-refractivity contribution in [3.8, 4) is 0 Å². The summed E-state index contributed by atoms with van der Waals surface area (Å²) in [6.07, 6.45) is 32.7. The highest BCUT2D eigenvalue weighted by molar-refractivity contribution is 5.92. The van der Waals surface area contributed by atoms with Crippen LogP contribution in [0.15, 0.2) is 76.8 Å². The van der Waals surface area contributed by atoms with Crippen LogP contribution >= 0.6 is 0 Å². The van der Waals surface area contributed by atoms with Crippen LogP contribution in [0, 0.1) is 17.3 Å². The number of rotatable bonds is 11. The van der Waals surface area contributed by atoms with Crippen molar-refractivity contribution in [2.24, 2.45) is 27.2 Å². The van der Waals surface area contributed by atoms with E-state index in [9.17, 15) is 4.79 Å². The molecule has 0 N–H and O–H groups in total. The zero-order valence-corrected chi connectivity index (χ0v) is 24.9. The quantitative estimate of drug-likeness (QED) is 0.295. The number of aromatic nitrogens is 2. The van der Waals surface area contributed by atoms with E-state index in [1.54, 1.807) is 18.6 Å². The molecule has 0 aromatic carbocycles. The highest BCUT2D eigenvalue weighted by atomic mass is 16.2. The summed E-state index contributed by atoms with van der Waals surface area (Å²) >= 11 is 0. The van der Waals surface area contributed by atoms with Gasteiger partial charge >= 0.3 is 0 Å². The molecule has 4 aliphatic rings. The average molecular weight is 555 g/mol. The minimum Gasteiger partial charge on any atom is -0.351 e. The summed E-state index contributed by atoms with van der Waals surface area (Å²) in [6, 6.07) is 0.458. The van der Waals surface area contributed by atoms with Gasteiger partial charge in [-0.1, -0.05) is 55.7 Å². The minimum absolute atomic E-state index is 0.00854. The minimum atomic E-state index is -0.00854. The van der Waals surface area contributed by atoms with Crippen LogP contribution in [-0.4, -0.2) is 69.9 Å². The molecule has 1 aromatic rings. The van der Waals surface area contributed by atoms with Gasteiger partial charge in [0.2, 0.25) is 0 Å². The number of likely N-dealkylation sites (tertiary alicyclic amines) is 1. The number of hydrogen-bond donors (Lipinski definition) is 0. The normalized spacial score (nSPS) is 24.4. The van der Waals surface area contributed by atoms with Gasteiger partial charge < -0.3 is 9.80 Å². The van der Waals surface area contributed by atoms with Crippen LogP contribution < -0.4 is 0 Å². The van der Waals surface area contributed by atoms with Gasteiger partial charge in [0.1, 0.15) is 11.5 Å². The summed E-state index contributed by atoms with van der Waals surface area (Å²) < 4.78 is 0. The van der Waals surface area contributed by atoms with Crippen LogP contribution in [-0.2, 0) is 0 Å². The molecule has 0 bridgehead atoms. The van der Waals surface area contributed by atoms with Crippen LogP contribution in [0.3, 0.4) is 0 Å². The van der Waals surface area contributed by atoms with Crippen molar-refractivity contribution in [2.75, 3.05) is 26.2 Å². The molecule has 5 rings (SSSR count). The van der Waals surface area contributed by atoms with E-state index in [0.29, 0.717) is 17.7 Å². The summed E-state index contributed by atoms with van der Waals surface area (Å²) in [7, 11) is 0. The fraction of sp³-hybridized carbons (Fsp3) is 0.559. The number of piperidine rings is 1. The summed E-state index contributed by atoms with van der Waals surface area (Å²) in [5, 5.41) is 0. The Morgan fingerprint density at radius 2 is 2.07 bits per heavy atom. The van der Waals surface area contributed by atoms with E-state index >= 15 is 0 Å². The molecule has 2 aliphatic carbocycles. The third-order valence-corrected chi connectivity index (χ3v) is 9.65. The lowest BCUT2D eigenvalue weighted by atomic mass is 9.64. The van der Waals surface area contributed by atoms with E-state index < -0.39 is 0 Å². The fourth-order valence-corrected chi connectivity index (χ4v) is 6.89. The van der Waals surface area contributed by atoms with Gasteiger partial charge in [-0.05, 0) is 69.3 Å². The van der Waals surface area contributed by atoms with Crippen molar-refractivity contribution < 1.29 is 4.79 Å². The Kier molecular flexibility index (Phi) is 9.97. The molecule has 1 saturated carbocycles. The molecular weight excluding hydrogens is 508 g/mol. The Labute approximate surface area is 246 Å². The summed E-state index contributed by atoms with van der Waals surface area (Å²) in [4.78, 5) is 35.6. The van der Waals surface area contributed by atoms with E-state index in [4.69, 9.17) is 9.98 Å². The predicted octanol–water partition coefficient (Wildman–Crippen LogP) is 6.44. The molecule has 41 heavy (non-hydrogen) atoms. The molecule has 2 fully saturated rings. The lowest BCUT2D eigenvalue weighted by Crippen LogP contribution is -2.46. The molecule has 1 aromatic heterocycles. The highest BCUT2D eigenvalue weighted by Crippen LogP contribution is 2.45. The number of aliphatic imine (C=N–C) groups is 2. The molecule has 1 amide bonds. The maximum absolute atomic E-state index is 13.0. The molecule has 1 unspecified atom stereocenters. The Balaban J connectivity index is 1.19. The van der Waals surface area contributed by atoms with Crippen LogP contribution in [0.25, 0.3) is 0 Å². The number of nitrogens with zero attached hydrogens (tertiary/aromatic N) is 6. The molecule has 2 atom stereocenters. The van der Waals surface area contributed by atoms with Crippen molar-refractivity contribution in [3.63, 3.8) is 0 Å². The van der Waals surface area contributed by atoms with E-state index in [1.165, 1.54) is 25.7 Å². The molecular formula is C34H46N6O. The van der Waals surface area contributed by atoms with Crippen LogP contribution in [0.2, 0.25) is 0 Å². The molecule has 1 saturated heterocycles. The SMILES string of the molecule is C/C=C\C=C1/CN([C@@H](CC=NCCC2(C3C=CC=CC3)CCN(C(=O)c3cnccn3)CC2)CC2CCC2)C(C)=N1. The standard InChI is InChI=1S/C34H46N6O/c1-3-4-13-30-26-40(27(2)38-30)31(24-28-9-8-10-28)14-18-35-19-15-34(29-11-6-5-7-12-29)16-22-39(23-17-34)33(41)32-25-36-20-21-37-32/h3-7,11,13,18,20-21,25,28-29,31H,8-10,12,14-17,19,22-24,26H2,1-2H3/b4-3-,30-13+,35-18?/t29?,31-/m0/s1. The van der Waals surface area contributed by atoms with Gasteiger partial charge in [-0.3, -0.25) is 14.8 Å². The average Bonchev–Trinajstić information content (AvgIpc) is 3.37. The number of amides is 1. The first-order chi connectivity index (χ1) is 20.1. The highest BCUT2D eigenvalue weighted by Gasteiger charge is 2.41. The van der Waals surface area contributed by atoms with Crippen molar-refractivity contribution >= 4 is 18.0 Å². The number of amidine groups is 1. The van der Waals surface area contributed by atoms with Crippen LogP contribution in [0.4, 0.5) is 0 Å². The van der Waals surface area contributed by atoms with Gasteiger partial charge in [-0.2, -0.15) is 0 Å². The van der Waals surface area contributed by atoms with Gasteiger partial charge in [-0.15, -0.1) is 0 Å². The molecule has 0 spiro atoms. The second-order valence-electron chi connectivity index (χ2n) is 12.1. The zero-order valence-electron chi connectivity index (χ0n) is 24.9. The van der Waals surface area contributed by atoms with Crippen LogP contribution in [0.5, 0.6) is 0 Å². The fourth-order valence-electron chi connectivity index (χ4n) is 6.89. The second kappa shape index (κ2) is 14.0. The first-order valence-corrected chi connectivity index (χ1v) is 15.6. The first kappa shape index (κ1) is 29.2. The van der Waals surface area contributed by atoms with Gasteiger partial charge in [0.15, 0.2) is 0 Å². The lowest BCUT2D eigenvalue weighted by molar-refractivity contribution is 0.0431. The maximum Gasteiger partial charge on any atom is 0.274 e. The molecule has 0 radical (unpaired) electrons. The third-order valence-electron chi connectivity index (χ3n) is 9.65. The Hall–Kier alpha value is -3.35. The topological polar surface area (TPSA) is 74.0 Å². The van der Waals surface area contributed by atoms with E-state index in [0.717, 1.165) is 75.7 Å². The number of carbonyl (C=O) groups excluding carboxylic acids is 1. The second-order valence-corrected chi connectivity index (χ2v) is 12.1. The molecule has 2 aliphatic heterocycles. The van der Waals surface area contributed by atoms with Gasteiger partial charge in [-0.25, -0.2) is 9.98 Å². The zero-order chi connectivity index (χ0) is 28.5. The van der Waals surface area contributed by atoms with E-state index in [-0.39, 0.29) is 11.3 Å². The van der Waals surface area contributed by atoms with Crippen LogP contribution in [0.1, 0.15) is 82.1 Å².